The minimum Gasteiger partial charge on any atom is -0.480 e. The summed E-state index contributed by atoms with van der Waals surface area (Å²) in [6.45, 7) is 4.07. The summed E-state index contributed by atoms with van der Waals surface area (Å²) >= 11 is 0. The number of rotatable bonds is 6. The molecule has 0 saturated carbocycles. The molecule has 0 fully saturated rings. The van der Waals surface area contributed by atoms with Gasteiger partial charge in [0.25, 0.3) is 5.91 Å². The summed E-state index contributed by atoms with van der Waals surface area (Å²) in [6, 6.07) is 3.43. The van der Waals surface area contributed by atoms with Crippen molar-refractivity contribution in [3.63, 3.8) is 0 Å². The van der Waals surface area contributed by atoms with Crippen LogP contribution in [0.15, 0.2) is 22.9 Å². The van der Waals surface area contributed by atoms with Crippen LogP contribution in [0.4, 0.5) is 5.82 Å². The molecule has 3 rings (SSSR count). The van der Waals surface area contributed by atoms with Crippen LogP contribution in [0.5, 0.6) is 5.75 Å². The third-order valence-corrected chi connectivity index (χ3v) is 3.85. The van der Waals surface area contributed by atoms with Crippen LogP contribution in [0.2, 0.25) is 0 Å². The first-order chi connectivity index (χ1) is 12.4. The molecule has 0 unspecified atom stereocenters. The highest BCUT2D eigenvalue weighted by Gasteiger charge is 2.29. The van der Waals surface area contributed by atoms with Crippen LogP contribution >= 0.6 is 0 Å². The molecule has 2 amide bonds. The highest BCUT2D eigenvalue weighted by atomic mass is 16.5. The van der Waals surface area contributed by atoms with Crippen molar-refractivity contribution < 1.29 is 18.8 Å². The first-order valence-corrected chi connectivity index (χ1v) is 8.37. The SMILES string of the molecule is CC(C)Cc1noc(CN(C)C(=O)CN2C(=O)COc3cccnc32)n1. The van der Waals surface area contributed by atoms with Crippen molar-refractivity contribution in [1.29, 1.82) is 0 Å². The number of ether oxygens (including phenoxy) is 1. The number of carbonyl (C=O) groups excluding carboxylic acids is 2. The Hall–Kier alpha value is -2.97. The van der Waals surface area contributed by atoms with E-state index in [1.807, 2.05) is 0 Å². The van der Waals surface area contributed by atoms with Crippen molar-refractivity contribution in [1.82, 2.24) is 20.0 Å². The average molecular weight is 359 g/mol. The van der Waals surface area contributed by atoms with Crippen molar-refractivity contribution in [2.45, 2.75) is 26.8 Å². The van der Waals surface area contributed by atoms with E-state index in [9.17, 15) is 9.59 Å². The zero-order chi connectivity index (χ0) is 18.7. The summed E-state index contributed by atoms with van der Waals surface area (Å²) in [5.74, 6) is 1.66. The highest BCUT2D eigenvalue weighted by Crippen LogP contribution is 2.28. The molecule has 3 heterocycles. The second-order valence-electron chi connectivity index (χ2n) is 6.55. The first-order valence-electron chi connectivity index (χ1n) is 8.37. The molecule has 138 valence electrons. The Balaban J connectivity index is 1.64. The van der Waals surface area contributed by atoms with Gasteiger partial charge < -0.3 is 14.2 Å². The van der Waals surface area contributed by atoms with E-state index in [2.05, 4.69) is 29.0 Å². The summed E-state index contributed by atoms with van der Waals surface area (Å²) in [6.07, 6.45) is 2.27. The largest absolute Gasteiger partial charge is 0.480 e. The number of amides is 2. The molecule has 0 saturated heterocycles. The van der Waals surface area contributed by atoms with E-state index in [1.54, 1.807) is 25.4 Å². The van der Waals surface area contributed by atoms with Crippen LogP contribution < -0.4 is 9.64 Å². The van der Waals surface area contributed by atoms with E-state index in [1.165, 1.54) is 9.80 Å². The Kier molecular flexibility index (Phi) is 5.15. The lowest BCUT2D eigenvalue weighted by molar-refractivity contribution is -0.131. The minimum absolute atomic E-state index is 0.113. The Morgan fingerprint density at radius 1 is 1.42 bits per heavy atom. The molecule has 1 aliphatic rings. The molecule has 0 bridgehead atoms. The zero-order valence-corrected chi connectivity index (χ0v) is 15.0. The van der Waals surface area contributed by atoms with Gasteiger partial charge in [-0.1, -0.05) is 19.0 Å². The summed E-state index contributed by atoms with van der Waals surface area (Å²) in [4.78, 5) is 35.9. The lowest BCUT2D eigenvalue weighted by Crippen LogP contribution is -2.45. The fourth-order valence-electron chi connectivity index (χ4n) is 2.55. The fourth-order valence-corrected chi connectivity index (χ4v) is 2.55. The summed E-state index contributed by atoms with van der Waals surface area (Å²) in [5.41, 5.74) is 0. The van der Waals surface area contributed by atoms with Crippen LogP contribution in [-0.2, 0) is 22.6 Å². The van der Waals surface area contributed by atoms with Crippen molar-refractivity contribution in [2.75, 3.05) is 25.1 Å². The quantitative estimate of drug-likeness (QED) is 0.759. The molecule has 0 N–H and O–H groups in total. The molecule has 2 aromatic heterocycles. The molecule has 0 radical (unpaired) electrons. The molecule has 1 aliphatic heterocycles. The van der Waals surface area contributed by atoms with Crippen molar-refractivity contribution in [3.05, 3.63) is 30.0 Å². The standard InChI is InChI=1S/C17H21N5O4/c1-11(2)7-13-19-14(26-20-13)8-21(3)15(23)9-22-16(24)10-25-12-5-4-6-18-17(12)22/h4-6,11H,7-10H2,1-3H3. The third kappa shape index (κ3) is 3.98. The lowest BCUT2D eigenvalue weighted by Gasteiger charge is -2.28. The van der Waals surface area contributed by atoms with E-state index in [-0.39, 0.29) is 31.5 Å². The van der Waals surface area contributed by atoms with Gasteiger partial charge in [-0.05, 0) is 18.1 Å². The van der Waals surface area contributed by atoms with Crippen molar-refractivity contribution >= 4 is 17.6 Å². The predicted molar refractivity (Wildman–Crippen MR) is 91.4 cm³/mol. The highest BCUT2D eigenvalue weighted by molar-refractivity contribution is 6.01. The van der Waals surface area contributed by atoms with E-state index in [0.29, 0.717) is 35.6 Å². The number of fused-ring (bicyclic) bond motifs is 1. The van der Waals surface area contributed by atoms with Gasteiger partial charge in [0, 0.05) is 19.7 Å². The van der Waals surface area contributed by atoms with Gasteiger partial charge in [0.1, 0.15) is 6.54 Å². The van der Waals surface area contributed by atoms with Crippen LogP contribution in [0.25, 0.3) is 0 Å². The maximum absolute atomic E-state index is 12.5. The average Bonchev–Trinajstić information content (AvgIpc) is 3.03. The molecular formula is C17H21N5O4. The zero-order valence-electron chi connectivity index (χ0n) is 15.0. The predicted octanol–water partition coefficient (Wildman–Crippen LogP) is 1.05. The van der Waals surface area contributed by atoms with Crippen molar-refractivity contribution in [2.24, 2.45) is 5.92 Å². The Morgan fingerprint density at radius 2 is 2.23 bits per heavy atom. The van der Waals surface area contributed by atoms with Gasteiger partial charge in [0.2, 0.25) is 11.8 Å². The van der Waals surface area contributed by atoms with Crippen LogP contribution in [0, 0.1) is 5.92 Å². The van der Waals surface area contributed by atoms with Gasteiger partial charge in [0.05, 0.1) is 6.54 Å². The molecule has 0 atom stereocenters. The smallest absolute Gasteiger partial charge is 0.266 e. The second kappa shape index (κ2) is 7.51. The molecule has 26 heavy (non-hydrogen) atoms. The lowest BCUT2D eigenvalue weighted by atomic mass is 10.1. The maximum atomic E-state index is 12.5. The van der Waals surface area contributed by atoms with E-state index in [0.717, 1.165) is 0 Å². The Labute approximate surface area is 150 Å². The number of aromatic nitrogens is 3. The Bertz CT molecular complexity index is 804. The van der Waals surface area contributed by atoms with Gasteiger partial charge >= 0.3 is 0 Å². The molecular weight excluding hydrogens is 338 g/mol. The third-order valence-electron chi connectivity index (χ3n) is 3.85. The molecule has 9 nitrogen and oxygen atoms in total. The fraction of sp³-hybridized carbons (Fsp3) is 0.471. The number of pyridine rings is 1. The van der Waals surface area contributed by atoms with Crippen LogP contribution in [-0.4, -0.2) is 52.0 Å². The number of hydrogen-bond acceptors (Lipinski definition) is 7. The molecule has 0 aliphatic carbocycles. The second-order valence-corrected chi connectivity index (χ2v) is 6.55. The molecule has 0 aromatic carbocycles. The van der Waals surface area contributed by atoms with E-state index in [4.69, 9.17) is 9.26 Å². The van der Waals surface area contributed by atoms with Gasteiger partial charge in [-0.3, -0.25) is 14.5 Å². The molecule has 9 heteroatoms. The van der Waals surface area contributed by atoms with Gasteiger partial charge in [-0.2, -0.15) is 4.98 Å². The molecule has 2 aromatic rings. The van der Waals surface area contributed by atoms with Gasteiger partial charge in [-0.15, -0.1) is 0 Å². The summed E-state index contributed by atoms with van der Waals surface area (Å²) in [7, 11) is 1.62. The summed E-state index contributed by atoms with van der Waals surface area (Å²) in [5, 5.41) is 3.91. The first kappa shape index (κ1) is 17.8. The number of hydrogen-bond donors (Lipinski definition) is 0. The van der Waals surface area contributed by atoms with Crippen LogP contribution in [0.3, 0.4) is 0 Å². The monoisotopic (exact) mass is 359 g/mol. The maximum Gasteiger partial charge on any atom is 0.266 e. The summed E-state index contributed by atoms with van der Waals surface area (Å²) < 4.78 is 10.5. The van der Waals surface area contributed by atoms with Crippen molar-refractivity contribution in [3.8, 4) is 5.75 Å². The van der Waals surface area contributed by atoms with E-state index < -0.39 is 0 Å². The van der Waals surface area contributed by atoms with E-state index >= 15 is 0 Å². The number of anilines is 1. The van der Waals surface area contributed by atoms with Gasteiger partial charge in [0.15, 0.2) is 24.0 Å². The van der Waals surface area contributed by atoms with Gasteiger partial charge in [-0.25, -0.2) is 4.98 Å². The number of carbonyl (C=O) groups is 2. The normalized spacial score (nSPS) is 13.5. The number of likely N-dealkylation sites (N-methyl/N-ethyl adjacent to an activating group) is 1. The molecule has 0 spiro atoms. The Morgan fingerprint density at radius 3 is 3.00 bits per heavy atom. The topological polar surface area (TPSA) is 102 Å². The van der Waals surface area contributed by atoms with Crippen LogP contribution in [0.1, 0.15) is 25.6 Å². The number of nitrogens with zero attached hydrogens (tertiary/aromatic N) is 5. The minimum atomic E-state index is -0.310.